The Kier molecular flexibility index (Phi) is 8.61. The summed E-state index contributed by atoms with van der Waals surface area (Å²) in [6.45, 7) is 8.53. The van der Waals surface area contributed by atoms with Gasteiger partial charge in [-0.25, -0.2) is 0 Å². The van der Waals surface area contributed by atoms with Crippen molar-refractivity contribution < 1.29 is 0 Å². The summed E-state index contributed by atoms with van der Waals surface area (Å²) in [5, 5.41) is 1.68. The van der Waals surface area contributed by atoms with Crippen LogP contribution < -0.4 is 5.43 Å². The van der Waals surface area contributed by atoms with Crippen molar-refractivity contribution in [1.29, 1.82) is 0 Å². The van der Waals surface area contributed by atoms with Crippen molar-refractivity contribution in [2.45, 2.75) is 33.6 Å². The molecule has 0 unspecified atom stereocenters. The van der Waals surface area contributed by atoms with Gasteiger partial charge in [0.2, 0.25) is 0 Å². The Morgan fingerprint density at radius 3 is 2.23 bits per heavy atom. The van der Waals surface area contributed by atoms with Crippen molar-refractivity contribution in [2.24, 2.45) is 0 Å². The van der Waals surface area contributed by atoms with Gasteiger partial charge in [-0.1, -0.05) is 58.1 Å². The second kappa shape index (κ2) is 10.5. The topological polar surface area (TPSA) is 17.1 Å². The van der Waals surface area contributed by atoms with Crippen LogP contribution in [-0.2, 0) is 0 Å². The fourth-order valence-corrected chi connectivity index (χ4v) is 5.73. The number of hydrogen-bond acceptors (Lipinski definition) is 5. The van der Waals surface area contributed by atoms with E-state index in [0.29, 0.717) is 5.92 Å². The van der Waals surface area contributed by atoms with E-state index in [1.165, 1.54) is 5.56 Å². The smallest absolute Gasteiger partial charge is 0.195 e. The van der Waals surface area contributed by atoms with Crippen molar-refractivity contribution in [2.75, 3.05) is 11.5 Å². The van der Waals surface area contributed by atoms with Crippen molar-refractivity contribution >= 4 is 70.8 Å². The average molecular weight is 421 g/mol. The molecule has 0 aliphatic rings. The number of fused-ring (bicyclic) bond motifs is 2. The SMILES string of the molecule is CC(C)c1ccc2sc3ccccc3c(=O)c2c1.CCSC(=S)SCC. The Morgan fingerprint density at radius 1 is 1.00 bits per heavy atom. The van der Waals surface area contributed by atoms with E-state index in [9.17, 15) is 4.79 Å². The Hall–Kier alpha value is -0.880. The molecule has 138 valence electrons. The largest absolute Gasteiger partial charge is 0.289 e. The number of thioether (sulfide) groups is 2. The van der Waals surface area contributed by atoms with E-state index in [4.69, 9.17) is 12.2 Å². The normalized spacial score (nSPS) is 10.8. The summed E-state index contributed by atoms with van der Waals surface area (Å²) in [5.74, 6) is 2.66. The van der Waals surface area contributed by atoms with Crippen LogP contribution >= 0.6 is 47.1 Å². The van der Waals surface area contributed by atoms with Crippen LogP contribution in [0.2, 0.25) is 0 Å². The standard InChI is InChI=1S/C16H14OS.C5H10S3/c1-10(2)11-7-8-15-13(9-11)16(17)12-5-3-4-6-14(12)18-15;1-3-7-5(6)8-4-2/h3-10H,1-2H3;3-4H2,1-2H3. The van der Waals surface area contributed by atoms with Crippen molar-refractivity contribution in [3.05, 3.63) is 58.3 Å². The van der Waals surface area contributed by atoms with Gasteiger partial charge in [0.05, 0.1) is 0 Å². The van der Waals surface area contributed by atoms with Gasteiger partial charge in [0.15, 0.2) is 5.43 Å². The molecule has 0 saturated heterocycles. The van der Waals surface area contributed by atoms with Crippen LogP contribution in [0.15, 0.2) is 47.3 Å². The molecule has 0 fully saturated rings. The molecule has 0 aliphatic heterocycles. The minimum absolute atomic E-state index is 0.154. The van der Waals surface area contributed by atoms with E-state index < -0.39 is 0 Å². The van der Waals surface area contributed by atoms with E-state index in [0.717, 1.165) is 35.2 Å². The lowest BCUT2D eigenvalue weighted by atomic mass is 10.0. The first-order valence-electron chi connectivity index (χ1n) is 8.73. The molecule has 3 aromatic rings. The maximum absolute atomic E-state index is 12.5. The predicted molar refractivity (Wildman–Crippen MR) is 129 cm³/mol. The van der Waals surface area contributed by atoms with Gasteiger partial charge in [0.25, 0.3) is 0 Å². The lowest BCUT2D eigenvalue weighted by Gasteiger charge is -2.07. The monoisotopic (exact) mass is 420 g/mol. The molecule has 0 atom stereocenters. The van der Waals surface area contributed by atoms with Crippen LogP contribution in [0.25, 0.3) is 20.2 Å². The number of benzene rings is 2. The third-order valence-electron chi connectivity index (χ3n) is 3.79. The summed E-state index contributed by atoms with van der Waals surface area (Å²) in [7, 11) is 0. The zero-order valence-corrected chi connectivity index (χ0v) is 18.8. The van der Waals surface area contributed by atoms with Crippen LogP contribution in [0, 0.1) is 0 Å². The molecule has 0 radical (unpaired) electrons. The molecule has 3 rings (SSSR count). The Morgan fingerprint density at radius 2 is 1.62 bits per heavy atom. The summed E-state index contributed by atoms with van der Waals surface area (Å²) >= 11 is 10.2. The summed E-state index contributed by atoms with van der Waals surface area (Å²) in [6.07, 6.45) is 0. The van der Waals surface area contributed by atoms with Crippen LogP contribution in [0.3, 0.4) is 0 Å². The second-order valence-corrected chi connectivity index (χ2v) is 10.8. The molecule has 0 N–H and O–H groups in total. The van der Waals surface area contributed by atoms with Crippen molar-refractivity contribution in [3.63, 3.8) is 0 Å². The highest BCUT2D eigenvalue weighted by Crippen LogP contribution is 2.27. The van der Waals surface area contributed by atoms with Crippen LogP contribution in [-0.4, -0.2) is 15.0 Å². The Labute approximate surface area is 173 Å². The van der Waals surface area contributed by atoms with Gasteiger partial charge in [-0.15, -0.1) is 34.9 Å². The molecule has 0 bridgehead atoms. The lowest BCUT2D eigenvalue weighted by Crippen LogP contribution is -2.01. The number of hydrogen-bond donors (Lipinski definition) is 0. The molecule has 0 saturated carbocycles. The molecule has 0 amide bonds. The van der Waals surface area contributed by atoms with Crippen LogP contribution in [0.1, 0.15) is 39.2 Å². The maximum atomic E-state index is 12.5. The van der Waals surface area contributed by atoms with Crippen LogP contribution in [0.5, 0.6) is 0 Å². The highest BCUT2D eigenvalue weighted by Gasteiger charge is 2.07. The van der Waals surface area contributed by atoms with Gasteiger partial charge in [-0.3, -0.25) is 4.79 Å². The summed E-state index contributed by atoms with van der Waals surface area (Å²) in [4.78, 5) is 12.5. The maximum Gasteiger partial charge on any atom is 0.195 e. The van der Waals surface area contributed by atoms with E-state index in [1.54, 1.807) is 34.9 Å². The Bertz CT molecular complexity index is 936. The Balaban J connectivity index is 0.000000260. The molecule has 1 aromatic heterocycles. The fraction of sp³-hybridized carbons (Fsp3) is 0.333. The van der Waals surface area contributed by atoms with Crippen molar-refractivity contribution in [1.82, 2.24) is 0 Å². The molecule has 0 aliphatic carbocycles. The van der Waals surface area contributed by atoms with Gasteiger partial charge >= 0.3 is 0 Å². The molecule has 2 aromatic carbocycles. The predicted octanol–water partition coefficient (Wildman–Crippen LogP) is 7.32. The summed E-state index contributed by atoms with van der Waals surface area (Å²) in [6, 6.07) is 14.1. The number of rotatable bonds is 3. The highest BCUT2D eigenvalue weighted by molar-refractivity contribution is 8.47. The van der Waals surface area contributed by atoms with Crippen molar-refractivity contribution in [3.8, 4) is 0 Å². The summed E-state index contributed by atoms with van der Waals surface area (Å²) in [5.41, 5.74) is 1.38. The lowest BCUT2D eigenvalue weighted by molar-refractivity contribution is 0.869. The average Bonchev–Trinajstić information content (AvgIpc) is 2.63. The molecular weight excluding hydrogens is 396 g/mol. The molecule has 5 heteroatoms. The van der Waals surface area contributed by atoms with E-state index >= 15 is 0 Å². The van der Waals surface area contributed by atoms with Gasteiger partial charge in [-0.2, -0.15) is 0 Å². The minimum atomic E-state index is 0.154. The zero-order chi connectivity index (χ0) is 19.1. The van der Waals surface area contributed by atoms with Gasteiger partial charge < -0.3 is 0 Å². The molecule has 26 heavy (non-hydrogen) atoms. The molecular formula is C21H24OS4. The first-order valence-corrected chi connectivity index (χ1v) is 11.9. The van der Waals surface area contributed by atoms with E-state index in [1.807, 2.05) is 30.3 Å². The first kappa shape index (κ1) is 21.4. The van der Waals surface area contributed by atoms with Gasteiger partial charge in [0, 0.05) is 20.2 Å². The summed E-state index contributed by atoms with van der Waals surface area (Å²) < 4.78 is 3.21. The van der Waals surface area contributed by atoms with Gasteiger partial charge in [0.1, 0.15) is 3.53 Å². The molecule has 0 spiro atoms. The highest BCUT2D eigenvalue weighted by atomic mass is 32.2. The molecule has 1 nitrogen and oxygen atoms in total. The first-order chi connectivity index (χ1) is 12.5. The second-order valence-electron chi connectivity index (χ2n) is 5.95. The van der Waals surface area contributed by atoms with Crippen LogP contribution in [0.4, 0.5) is 0 Å². The number of thiocarbonyl (C=S) groups is 1. The fourth-order valence-electron chi connectivity index (χ4n) is 2.46. The van der Waals surface area contributed by atoms with Gasteiger partial charge in [-0.05, 0) is 47.3 Å². The van der Waals surface area contributed by atoms with E-state index in [2.05, 4.69) is 39.8 Å². The zero-order valence-electron chi connectivity index (χ0n) is 15.6. The third-order valence-corrected chi connectivity index (χ3v) is 7.41. The third kappa shape index (κ3) is 5.56. The van der Waals surface area contributed by atoms with E-state index in [-0.39, 0.29) is 5.43 Å². The molecule has 1 heterocycles. The quantitative estimate of drug-likeness (QED) is 0.326. The minimum Gasteiger partial charge on any atom is -0.289 e.